The van der Waals surface area contributed by atoms with E-state index >= 15 is 0 Å². The van der Waals surface area contributed by atoms with Gasteiger partial charge in [-0.1, -0.05) is 35.3 Å². The molecule has 0 saturated carbocycles. The Bertz CT molecular complexity index is 3860. The van der Waals surface area contributed by atoms with Crippen molar-refractivity contribution in [2.45, 2.75) is 20.0 Å². The average molecular weight is 1020 g/mol. The Morgan fingerprint density at radius 2 is 1.32 bits per heavy atom. The maximum absolute atomic E-state index is 13.8. The van der Waals surface area contributed by atoms with E-state index in [-0.39, 0.29) is 90.3 Å². The summed E-state index contributed by atoms with van der Waals surface area (Å²) in [5, 5.41) is 47.5. The minimum atomic E-state index is -1.42. The summed E-state index contributed by atoms with van der Waals surface area (Å²) in [5.74, 6) is -5.21. The fraction of sp³-hybridized carbons (Fsp3) is 0.109. The number of fused-ring (bicyclic) bond motifs is 4. The van der Waals surface area contributed by atoms with Crippen molar-refractivity contribution in [1.29, 1.82) is 0 Å². The molecule has 5 aromatic rings. The molecule has 0 radical (unpaired) electrons. The Morgan fingerprint density at radius 1 is 0.630 bits per heavy atom. The van der Waals surface area contributed by atoms with Gasteiger partial charge in [0.25, 0.3) is 11.8 Å². The number of carboxylic acids is 3. The number of hydrogen-bond acceptors (Lipinski definition) is 11. The van der Waals surface area contributed by atoms with Crippen LogP contribution in [0, 0.1) is 0 Å². The number of phenols is 1. The zero-order chi connectivity index (χ0) is 52.0. The molecule has 0 fully saturated rings. The molecule has 73 heavy (non-hydrogen) atoms. The molecular formula is C55H40Cl2N4O12. The van der Waals surface area contributed by atoms with Gasteiger partial charge >= 0.3 is 17.9 Å². The number of carbonyl (C=O) groups excluding carboxylic acids is 2. The van der Waals surface area contributed by atoms with Crippen molar-refractivity contribution in [1.82, 2.24) is 10.6 Å². The average Bonchev–Trinajstić information content (AvgIpc) is 3.36. The molecule has 2 aliphatic heterocycles. The third-order valence-electron chi connectivity index (χ3n) is 12.3. The lowest BCUT2D eigenvalue weighted by atomic mass is 9.88. The maximum atomic E-state index is 13.8. The quantitative estimate of drug-likeness (QED) is 0.0589. The number of nitrogens with zero attached hydrogens (tertiary/aromatic N) is 2. The third kappa shape index (κ3) is 9.28. The molecule has 2 heterocycles. The number of amides is 2. The highest BCUT2D eigenvalue weighted by Crippen LogP contribution is 2.48. The first-order valence-electron chi connectivity index (χ1n) is 22.4. The second kappa shape index (κ2) is 19.7. The molecule has 0 atom stereocenters. The van der Waals surface area contributed by atoms with Crippen LogP contribution in [0.15, 0.2) is 134 Å². The second-order valence-electron chi connectivity index (χ2n) is 17.0. The minimum absolute atomic E-state index is 0.0160. The summed E-state index contributed by atoms with van der Waals surface area (Å²) >= 11 is 13.8. The lowest BCUT2D eigenvalue weighted by Gasteiger charge is -2.21. The van der Waals surface area contributed by atoms with Gasteiger partial charge in [0.05, 0.1) is 49.8 Å². The van der Waals surface area contributed by atoms with E-state index in [0.29, 0.717) is 50.7 Å². The SMILES string of the molecule is CC/N=c1\ccc2c(-c3c(Cl)cc(C(=O)NCc4ccc(C(=O)NCc5c6oc7cc(O)ccc7c(-c7cc(C(=O)O)ccc7C(=O)O)c-6ccc5=O)cc4)c(Cl)c3C(=O)O)c3ccc(N(C)C)cc3oc-2c1. The monoisotopic (exact) mass is 1020 g/mol. The molecule has 5 aromatic carbocycles. The number of halogens is 2. The molecule has 6 N–H and O–H groups in total. The molecule has 4 aliphatic rings. The van der Waals surface area contributed by atoms with Crippen LogP contribution in [0.2, 0.25) is 10.0 Å². The molecule has 2 amide bonds. The number of rotatable bonds is 13. The van der Waals surface area contributed by atoms with Gasteiger partial charge in [0.2, 0.25) is 0 Å². The number of anilines is 1. The molecule has 0 unspecified atom stereocenters. The van der Waals surface area contributed by atoms with Crippen LogP contribution in [0.5, 0.6) is 5.75 Å². The van der Waals surface area contributed by atoms with Gasteiger partial charge in [0.15, 0.2) is 5.43 Å². The number of nitrogens with one attached hydrogen (secondary N) is 2. The summed E-state index contributed by atoms with van der Waals surface area (Å²) in [6.07, 6.45) is 0. The van der Waals surface area contributed by atoms with E-state index < -0.39 is 40.7 Å². The summed E-state index contributed by atoms with van der Waals surface area (Å²) in [4.78, 5) is 84.7. The molecule has 2 aliphatic carbocycles. The van der Waals surface area contributed by atoms with Gasteiger partial charge in [-0.25, -0.2) is 14.4 Å². The zero-order valence-electron chi connectivity index (χ0n) is 38.8. The first-order valence-corrected chi connectivity index (χ1v) is 23.1. The third-order valence-corrected chi connectivity index (χ3v) is 13.0. The van der Waals surface area contributed by atoms with Gasteiger partial charge in [-0.15, -0.1) is 0 Å². The molecule has 0 aromatic heterocycles. The van der Waals surface area contributed by atoms with Gasteiger partial charge in [-0.3, -0.25) is 19.4 Å². The molecule has 0 spiro atoms. The number of phenolic OH excluding ortho intramolecular Hbond substituents is 1. The Labute approximate surface area is 423 Å². The van der Waals surface area contributed by atoms with Crippen molar-refractivity contribution >= 4 is 80.6 Å². The van der Waals surface area contributed by atoms with Crippen molar-refractivity contribution < 1.29 is 53.2 Å². The molecule has 18 heteroatoms. The first kappa shape index (κ1) is 49.0. The number of hydrogen-bond donors (Lipinski definition) is 6. The summed E-state index contributed by atoms with van der Waals surface area (Å²) < 4.78 is 12.5. The second-order valence-corrected chi connectivity index (χ2v) is 17.8. The highest BCUT2D eigenvalue weighted by molar-refractivity contribution is 6.41. The molecule has 0 bridgehead atoms. The maximum Gasteiger partial charge on any atom is 0.337 e. The largest absolute Gasteiger partial charge is 0.508 e. The van der Waals surface area contributed by atoms with Crippen LogP contribution in [0.4, 0.5) is 5.69 Å². The topological polar surface area (TPSA) is 249 Å². The van der Waals surface area contributed by atoms with Crippen LogP contribution in [0.1, 0.15) is 69.8 Å². The van der Waals surface area contributed by atoms with E-state index in [4.69, 9.17) is 32.0 Å². The predicted octanol–water partition coefficient (Wildman–Crippen LogP) is 10.0. The summed E-state index contributed by atoms with van der Waals surface area (Å²) in [7, 11) is 3.76. The van der Waals surface area contributed by atoms with Gasteiger partial charge in [-0.2, -0.15) is 0 Å². The molecule has 9 rings (SSSR count). The standard InChI is InChI=1S/C55H40Cl2N4O12/c1-4-58-29-10-14-34-42(20-29)72-43-21-30(61(2)3)11-15-35(43)46(34)47-40(56)23-38(49(57)48(47)55(70)71)52(65)59-24-26-5-7-27(8-6-26)51(64)60-25-39-41(63)18-17-36-45(33-16-12-31(62)22-44(33)73-50(36)39)37-19-28(53(66)67)9-13-32(37)54(68)69/h5-23,62H,4,24-25H2,1-3H3,(H,59,65)(H,60,64)(H,66,67)(H,68,69)(H,70,71)/b58-29+. The van der Waals surface area contributed by atoms with Gasteiger partial charge in [-0.05, 0) is 103 Å². The van der Waals surface area contributed by atoms with Crippen molar-refractivity contribution in [3.8, 4) is 50.7 Å². The molecule has 16 nitrogen and oxygen atoms in total. The van der Waals surface area contributed by atoms with E-state index in [1.165, 1.54) is 60.7 Å². The fourth-order valence-corrected chi connectivity index (χ4v) is 9.38. The van der Waals surface area contributed by atoms with E-state index in [1.54, 1.807) is 36.4 Å². The fourth-order valence-electron chi connectivity index (χ4n) is 8.76. The minimum Gasteiger partial charge on any atom is -0.508 e. The predicted molar refractivity (Wildman–Crippen MR) is 275 cm³/mol. The Balaban J connectivity index is 0.967. The normalized spacial score (nSPS) is 11.6. The van der Waals surface area contributed by atoms with Crippen LogP contribution in [0.25, 0.3) is 66.8 Å². The Kier molecular flexibility index (Phi) is 13.2. The van der Waals surface area contributed by atoms with Crippen molar-refractivity contribution in [3.63, 3.8) is 0 Å². The number of carboxylic acid groups (broad SMARTS) is 3. The Morgan fingerprint density at radius 3 is 2.01 bits per heavy atom. The van der Waals surface area contributed by atoms with Crippen molar-refractivity contribution in [2.75, 3.05) is 25.5 Å². The summed E-state index contributed by atoms with van der Waals surface area (Å²) in [6.45, 7) is 1.99. The highest BCUT2D eigenvalue weighted by atomic mass is 35.5. The smallest absolute Gasteiger partial charge is 0.337 e. The number of aromatic hydroxyl groups is 1. The lowest BCUT2D eigenvalue weighted by molar-refractivity contribution is 0.0682. The van der Waals surface area contributed by atoms with Gasteiger partial charge in [0.1, 0.15) is 28.4 Å². The number of benzene rings is 7. The van der Waals surface area contributed by atoms with Crippen LogP contribution in [0.3, 0.4) is 0 Å². The van der Waals surface area contributed by atoms with Crippen molar-refractivity contribution in [2.24, 2.45) is 4.99 Å². The number of aromatic carboxylic acids is 3. The highest BCUT2D eigenvalue weighted by Gasteiger charge is 2.30. The molecule has 366 valence electrons. The summed E-state index contributed by atoms with van der Waals surface area (Å²) in [5.41, 5.74) is 2.02. The van der Waals surface area contributed by atoms with E-state index in [2.05, 4.69) is 15.6 Å². The van der Waals surface area contributed by atoms with Crippen molar-refractivity contribution in [3.05, 3.63) is 180 Å². The van der Waals surface area contributed by atoms with Crippen LogP contribution >= 0.6 is 23.2 Å². The van der Waals surface area contributed by atoms with Crippen LogP contribution in [-0.2, 0) is 13.1 Å². The molecular weight excluding hydrogens is 980 g/mol. The Hall–Kier alpha value is -8.99. The number of carbonyl (C=O) groups is 5. The van der Waals surface area contributed by atoms with E-state index in [1.807, 2.05) is 38.1 Å². The van der Waals surface area contributed by atoms with E-state index in [0.717, 1.165) is 11.8 Å². The zero-order valence-corrected chi connectivity index (χ0v) is 40.3. The first-order chi connectivity index (χ1) is 34.9. The van der Waals surface area contributed by atoms with Crippen LogP contribution in [-0.4, -0.2) is 70.8 Å². The van der Waals surface area contributed by atoms with E-state index in [9.17, 15) is 49.2 Å². The summed E-state index contributed by atoms with van der Waals surface area (Å²) in [6, 6.07) is 28.5. The van der Waals surface area contributed by atoms with Crippen LogP contribution < -0.4 is 26.3 Å². The lowest BCUT2D eigenvalue weighted by Crippen LogP contribution is -2.27. The van der Waals surface area contributed by atoms with Gasteiger partial charge < -0.3 is 44.8 Å². The molecule has 0 saturated heterocycles. The van der Waals surface area contributed by atoms with Gasteiger partial charge in [0, 0.05) is 95.2 Å².